The van der Waals surface area contributed by atoms with Crippen molar-refractivity contribution in [1.82, 2.24) is 0 Å². The Morgan fingerprint density at radius 2 is 1.16 bits per heavy atom. The number of fused-ring (bicyclic) bond motifs is 5. The Hall–Kier alpha value is -3.08. The first kappa shape index (κ1) is 57.8. The Morgan fingerprint density at radius 3 is 1.59 bits per heavy atom. The van der Waals surface area contributed by atoms with E-state index < -0.39 is 82.0 Å². The van der Waals surface area contributed by atoms with Crippen LogP contribution in [0.3, 0.4) is 0 Å². The quantitative estimate of drug-likeness (QED) is 0.0310. The van der Waals surface area contributed by atoms with Crippen LogP contribution in [-0.2, 0) is 33.3 Å². The summed E-state index contributed by atoms with van der Waals surface area (Å²) in [5.41, 5.74) is -5.30. The Bertz CT molecular complexity index is 1820. The van der Waals surface area contributed by atoms with E-state index in [0.29, 0.717) is 24.0 Å². The molecule has 2 N–H and O–H groups in total. The molecule has 1 saturated heterocycles. The minimum Gasteiger partial charge on any atom is -0.455 e. The summed E-state index contributed by atoms with van der Waals surface area (Å²) in [4.78, 5) is 56.6. The largest absolute Gasteiger partial charge is 0.455 e. The minimum atomic E-state index is -2.02. The van der Waals surface area contributed by atoms with Crippen molar-refractivity contribution in [2.24, 2.45) is 22.7 Å². The molecule has 1 heterocycles. The number of carbonyl (C=O) groups excluding carboxylic acids is 4. The standard InChI is InChI=1S/C60H96O10/c1-8-9-10-11-12-13-14-15-16-17-18-19-20-21-22-23-24-25-26-27-28-29-30-31-32-33-37-40-50(63)68-52-51-45(3)48(62)42-60(66,57(51,5)6)55(69-56(65)47-38-35-34-36-39-47)53-58(7,54(52)64)44(2)41-49-59(53,43-67-49)70-46(4)61/h34-36,38-39,44,48-49,52-53,55,62,66H,8-33,37,40-43H2,1-7H3/t44-,48-,49+,52+,53-,55-,58+,59+,60+/m0/s1. The highest BCUT2D eigenvalue weighted by Crippen LogP contribution is 2.65. The van der Waals surface area contributed by atoms with Crippen molar-refractivity contribution in [2.75, 3.05) is 6.61 Å². The van der Waals surface area contributed by atoms with E-state index >= 15 is 4.79 Å². The third-order valence-electron chi connectivity index (χ3n) is 17.6. The van der Waals surface area contributed by atoms with Gasteiger partial charge < -0.3 is 29.2 Å². The summed E-state index contributed by atoms with van der Waals surface area (Å²) < 4.78 is 25.0. The van der Waals surface area contributed by atoms with Gasteiger partial charge in [-0.15, -0.1) is 0 Å². The van der Waals surface area contributed by atoms with Gasteiger partial charge in [0.05, 0.1) is 24.2 Å². The first-order valence-electron chi connectivity index (χ1n) is 28.5. The van der Waals surface area contributed by atoms with Crippen molar-refractivity contribution in [3.8, 4) is 0 Å². The molecular weight excluding hydrogens is 881 g/mol. The molecular formula is C60H96O10. The number of unbranched alkanes of at least 4 members (excludes halogenated alkanes) is 26. The number of hydrogen-bond donors (Lipinski definition) is 2. The third kappa shape index (κ3) is 14.1. The number of carbonyl (C=O) groups is 4. The van der Waals surface area contributed by atoms with E-state index in [-0.39, 0.29) is 25.0 Å². The summed E-state index contributed by atoms with van der Waals surface area (Å²) >= 11 is 0. The van der Waals surface area contributed by atoms with Crippen molar-refractivity contribution in [2.45, 2.75) is 277 Å². The fraction of sp³-hybridized carbons (Fsp3) is 0.800. The number of ether oxygens (including phenoxy) is 4. The summed E-state index contributed by atoms with van der Waals surface area (Å²) in [5, 5.41) is 25.1. The molecule has 396 valence electrons. The van der Waals surface area contributed by atoms with Crippen LogP contribution in [0.5, 0.6) is 0 Å². The van der Waals surface area contributed by atoms with Crippen molar-refractivity contribution < 1.29 is 48.3 Å². The molecule has 4 aliphatic rings. The Kier molecular flexibility index (Phi) is 23.0. The van der Waals surface area contributed by atoms with Gasteiger partial charge >= 0.3 is 17.9 Å². The van der Waals surface area contributed by atoms with Gasteiger partial charge in [-0.25, -0.2) is 4.79 Å². The Balaban J connectivity index is 1.06. The number of hydrogen-bond acceptors (Lipinski definition) is 10. The zero-order valence-corrected chi connectivity index (χ0v) is 44.9. The highest BCUT2D eigenvalue weighted by atomic mass is 16.6. The van der Waals surface area contributed by atoms with Crippen LogP contribution in [-0.4, -0.2) is 76.1 Å². The summed E-state index contributed by atoms with van der Waals surface area (Å²) in [6.45, 7) is 12.4. The molecule has 0 unspecified atom stereocenters. The van der Waals surface area contributed by atoms with Crippen LogP contribution in [0.2, 0.25) is 0 Å². The SMILES string of the molecule is CCCCCCCCCCCCCCCCCCCCCCCCCCCCCC(=O)O[C@H]1C(=O)[C@@]2(C)[C@H]([C@H](OC(=O)c3ccccc3)[C@]3(O)C[C@H](O)C(C)=C1C3(C)C)[C@@]1(OC(C)=O)CO[C@@H]1C[C@@H]2C. The van der Waals surface area contributed by atoms with Crippen LogP contribution in [0.15, 0.2) is 41.5 Å². The molecule has 1 aliphatic heterocycles. The van der Waals surface area contributed by atoms with Crippen molar-refractivity contribution in [3.05, 3.63) is 47.0 Å². The molecule has 70 heavy (non-hydrogen) atoms. The summed E-state index contributed by atoms with van der Waals surface area (Å²) in [6, 6.07) is 8.40. The highest BCUT2D eigenvalue weighted by Gasteiger charge is 2.77. The van der Waals surface area contributed by atoms with Crippen LogP contribution < -0.4 is 0 Å². The molecule has 5 rings (SSSR count). The topological polar surface area (TPSA) is 146 Å². The monoisotopic (exact) mass is 977 g/mol. The molecule has 1 aromatic carbocycles. The van der Waals surface area contributed by atoms with E-state index in [4.69, 9.17) is 18.9 Å². The smallest absolute Gasteiger partial charge is 0.338 e. The maximum absolute atomic E-state index is 15.7. The van der Waals surface area contributed by atoms with Gasteiger partial charge in [-0.1, -0.05) is 220 Å². The number of esters is 3. The van der Waals surface area contributed by atoms with Crippen molar-refractivity contribution in [1.29, 1.82) is 0 Å². The fourth-order valence-corrected chi connectivity index (χ4v) is 13.0. The zero-order chi connectivity index (χ0) is 50.8. The van der Waals surface area contributed by atoms with Crippen molar-refractivity contribution in [3.63, 3.8) is 0 Å². The lowest BCUT2D eigenvalue weighted by atomic mass is 9.43. The second-order valence-corrected chi connectivity index (χ2v) is 23.0. The summed E-state index contributed by atoms with van der Waals surface area (Å²) in [6.07, 6.45) is 30.8. The number of rotatable bonds is 32. The number of ketones is 1. The molecule has 1 aromatic rings. The van der Waals surface area contributed by atoms with Crippen LogP contribution >= 0.6 is 0 Å². The van der Waals surface area contributed by atoms with Gasteiger partial charge in [0.1, 0.15) is 17.8 Å². The van der Waals surface area contributed by atoms with Gasteiger partial charge in [-0.3, -0.25) is 14.4 Å². The van der Waals surface area contributed by atoms with Gasteiger partial charge in [0.2, 0.25) is 0 Å². The molecule has 3 aliphatic carbocycles. The third-order valence-corrected chi connectivity index (χ3v) is 17.6. The number of aliphatic hydroxyl groups is 2. The predicted octanol–water partition coefficient (Wildman–Crippen LogP) is 13.9. The van der Waals surface area contributed by atoms with E-state index in [0.717, 1.165) is 19.3 Å². The van der Waals surface area contributed by atoms with Gasteiger partial charge in [-0.05, 0) is 49.0 Å². The highest BCUT2D eigenvalue weighted by molar-refractivity contribution is 5.95. The number of Topliss-reactive ketones (excluding diaryl/α,β-unsaturated/α-hetero) is 1. The number of benzene rings is 1. The molecule has 10 heteroatoms. The van der Waals surface area contributed by atoms with Crippen LogP contribution in [0.25, 0.3) is 0 Å². The predicted molar refractivity (Wildman–Crippen MR) is 277 cm³/mol. The van der Waals surface area contributed by atoms with E-state index in [1.54, 1.807) is 58.0 Å². The van der Waals surface area contributed by atoms with Gasteiger partial charge in [-0.2, -0.15) is 0 Å². The molecule has 0 radical (unpaired) electrons. The molecule has 0 amide bonds. The molecule has 2 saturated carbocycles. The Labute approximate surface area is 423 Å². The lowest BCUT2D eigenvalue weighted by Gasteiger charge is -2.68. The first-order valence-corrected chi connectivity index (χ1v) is 28.5. The van der Waals surface area contributed by atoms with Crippen molar-refractivity contribution >= 4 is 23.7 Å². The van der Waals surface area contributed by atoms with Crippen LogP contribution in [0.4, 0.5) is 0 Å². The van der Waals surface area contributed by atoms with E-state index in [1.807, 2.05) is 6.92 Å². The fourth-order valence-electron chi connectivity index (χ4n) is 13.0. The second-order valence-electron chi connectivity index (χ2n) is 23.0. The first-order chi connectivity index (χ1) is 33.6. The lowest BCUT2D eigenvalue weighted by Crippen LogP contribution is -2.80. The van der Waals surface area contributed by atoms with Crippen LogP contribution in [0.1, 0.15) is 251 Å². The zero-order valence-electron chi connectivity index (χ0n) is 44.9. The number of aliphatic hydroxyl groups excluding tert-OH is 1. The summed E-state index contributed by atoms with van der Waals surface area (Å²) in [7, 11) is 0. The van der Waals surface area contributed by atoms with E-state index in [1.165, 1.54) is 155 Å². The Morgan fingerprint density at radius 1 is 0.700 bits per heavy atom. The molecule has 2 bridgehead atoms. The van der Waals surface area contributed by atoms with E-state index in [2.05, 4.69) is 6.92 Å². The second kappa shape index (κ2) is 27.8. The van der Waals surface area contributed by atoms with Crippen LogP contribution in [0, 0.1) is 22.7 Å². The normalized spacial score (nSPS) is 29.0. The molecule has 9 atom stereocenters. The average molecular weight is 977 g/mol. The lowest BCUT2D eigenvalue weighted by molar-refractivity contribution is -0.340. The maximum atomic E-state index is 15.7. The molecule has 10 nitrogen and oxygen atoms in total. The maximum Gasteiger partial charge on any atom is 0.338 e. The van der Waals surface area contributed by atoms with E-state index in [9.17, 15) is 24.6 Å². The van der Waals surface area contributed by atoms with Gasteiger partial charge in [0.15, 0.2) is 17.5 Å². The summed E-state index contributed by atoms with van der Waals surface area (Å²) in [5.74, 6) is -3.85. The minimum absolute atomic E-state index is 0.0816. The molecule has 0 spiro atoms. The van der Waals surface area contributed by atoms with Gasteiger partial charge in [0, 0.05) is 30.6 Å². The van der Waals surface area contributed by atoms with Gasteiger partial charge in [0.25, 0.3) is 0 Å². The average Bonchev–Trinajstić information content (AvgIpc) is 3.32. The molecule has 3 fully saturated rings. The molecule has 0 aromatic heterocycles.